The number of unbranched alkanes of at least 4 members (excludes halogenated alkanes) is 4. The Morgan fingerprint density at radius 3 is 2.28 bits per heavy atom. The Bertz CT molecular complexity index is 766. The number of benzene rings is 1. The zero-order chi connectivity index (χ0) is 21.1. The van der Waals surface area contributed by atoms with Gasteiger partial charge in [-0.05, 0) is 49.9 Å². The molecule has 0 radical (unpaired) electrons. The molecule has 0 aliphatic carbocycles. The summed E-state index contributed by atoms with van der Waals surface area (Å²) in [7, 11) is 0. The molecular formula is C25H33NO3. The lowest BCUT2D eigenvalue weighted by Crippen LogP contribution is -2.24. The minimum absolute atomic E-state index is 0.0317. The van der Waals surface area contributed by atoms with Crippen LogP contribution < -0.4 is 0 Å². The van der Waals surface area contributed by atoms with Crippen molar-refractivity contribution >= 4 is 11.8 Å². The van der Waals surface area contributed by atoms with Crippen LogP contribution in [0.15, 0.2) is 42.6 Å². The number of hydrogen-bond donors (Lipinski definition) is 0. The second-order valence-corrected chi connectivity index (χ2v) is 7.56. The normalized spacial score (nSPS) is 11.8. The van der Waals surface area contributed by atoms with Crippen molar-refractivity contribution in [3.63, 3.8) is 0 Å². The highest BCUT2D eigenvalue weighted by Gasteiger charge is 2.18. The number of Topliss-reactive ketones (excluding diaryl/α,β-unsaturated/α-hetero) is 1. The summed E-state index contributed by atoms with van der Waals surface area (Å²) in [5.74, 6) is -0.500. The highest BCUT2D eigenvalue weighted by molar-refractivity contribution is 5.93. The molecule has 1 aromatic carbocycles. The first kappa shape index (κ1) is 22.8. The Kier molecular flexibility index (Phi) is 9.55. The molecule has 0 amide bonds. The number of aryl methyl sites for hydroxylation is 1. The van der Waals surface area contributed by atoms with E-state index in [1.54, 1.807) is 19.1 Å². The van der Waals surface area contributed by atoms with E-state index in [4.69, 9.17) is 4.74 Å². The van der Waals surface area contributed by atoms with Gasteiger partial charge < -0.3 is 4.74 Å². The van der Waals surface area contributed by atoms with Gasteiger partial charge in [-0.1, -0.05) is 57.7 Å². The molecule has 2 rings (SSSR count). The summed E-state index contributed by atoms with van der Waals surface area (Å²) >= 11 is 0. The topological polar surface area (TPSA) is 56.3 Å². The SMILES string of the molecule is CCCCCCc1ccc(-c2ccc(C(=O)OC(C)C(=O)CCCC)cc2)nc1. The van der Waals surface area contributed by atoms with E-state index in [-0.39, 0.29) is 5.78 Å². The number of ketones is 1. The Labute approximate surface area is 174 Å². The predicted molar refractivity (Wildman–Crippen MR) is 117 cm³/mol. The van der Waals surface area contributed by atoms with E-state index < -0.39 is 12.1 Å². The number of hydrogen-bond acceptors (Lipinski definition) is 4. The first-order valence-electron chi connectivity index (χ1n) is 10.8. The van der Waals surface area contributed by atoms with E-state index in [2.05, 4.69) is 18.0 Å². The van der Waals surface area contributed by atoms with E-state index in [0.29, 0.717) is 12.0 Å². The largest absolute Gasteiger partial charge is 0.451 e. The van der Waals surface area contributed by atoms with Crippen molar-refractivity contribution in [3.05, 3.63) is 53.7 Å². The van der Waals surface area contributed by atoms with Gasteiger partial charge in [-0.15, -0.1) is 0 Å². The van der Waals surface area contributed by atoms with E-state index >= 15 is 0 Å². The van der Waals surface area contributed by atoms with Crippen molar-refractivity contribution in [3.8, 4) is 11.3 Å². The number of carbonyl (C=O) groups excluding carboxylic acids is 2. The fourth-order valence-corrected chi connectivity index (χ4v) is 3.12. The fraction of sp³-hybridized carbons (Fsp3) is 0.480. The lowest BCUT2D eigenvalue weighted by atomic mass is 10.1. The lowest BCUT2D eigenvalue weighted by Gasteiger charge is -2.12. The summed E-state index contributed by atoms with van der Waals surface area (Å²) in [5.41, 5.74) is 3.53. The average Bonchev–Trinajstić information content (AvgIpc) is 2.75. The van der Waals surface area contributed by atoms with E-state index in [1.807, 2.05) is 31.3 Å². The maximum Gasteiger partial charge on any atom is 0.338 e. The van der Waals surface area contributed by atoms with Gasteiger partial charge in [0.2, 0.25) is 0 Å². The van der Waals surface area contributed by atoms with Gasteiger partial charge in [0.05, 0.1) is 11.3 Å². The molecule has 0 aliphatic heterocycles. The molecule has 0 fully saturated rings. The number of nitrogens with zero attached hydrogens (tertiary/aromatic N) is 1. The van der Waals surface area contributed by atoms with Crippen LogP contribution in [-0.4, -0.2) is 22.8 Å². The quantitative estimate of drug-likeness (QED) is 0.318. The van der Waals surface area contributed by atoms with Crippen molar-refractivity contribution in [2.75, 3.05) is 0 Å². The highest BCUT2D eigenvalue weighted by Crippen LogP contribution is 2.19. The van der Waals surface area contributed by atoms with Gasteiger partial charge in [-0.2, -0.15) is 0 Å². The molecule has 156 valence electrons. The van der Waals surface area contributed by atoms with Crippen LogP contribution in [0, 0.1) is 0 Å². The molecule has 0 spiro atoms. The lowest BCUT2D eigenvalue weighted by molar-refractivity contribution is -0.127. The van der Waals surface area contributed by atoms with Crippen LogP contribution in [0.1, 0.15) is 81.6 Å². The molecule has 1 aromatic heterocycles. The maximum absolute atomic E-state index is 12.3. The number of aromatic nitrogens is 1. The predicted octanol–water partition coefficient (Wildman–Crippen LogP) is 6.18. The monoisotopic (exact) mass is 395 g/mol. The van der Waals surface area contributed by atoms with Crippen molar-refractivity contribution in [2.24, 2.45) is 0 Å². The third kappa shape index (κ3) is 7.45. The molecule has 0 saturated heterocycles. The molecule has 1 atom stereocenters. The number of ether oxygens (including phenoxy) is 1. The Balaban J connectivity index is 1.92. The fourth-order valence-electron chi connectivity index (χ4n) is 3.12. The van der Waals surface area contributed by atoms with Crippen LogP contribution in [0.2, 0.25) is 0 Å². The third-order valence-electron chi connectivity index (χ3n) is 5.07. The second-order valence-electron chi connectivity index (χ2n) is 7.56. The highest BCUT2D eigenvalue weighted by atomic mass is 16.5. The van der Waals surface area contributed by atoms with E-state index in [9.17, 15) is 9.59 Å². The summed E-state index contributed by atoms with van der Waals surface area (Å²) in [4.78, 5) is 28.8. The molecule has 4 nitrogen and oxygen atoms in total. The average molecular weight is 396 g/mol. The summed E-state index contributed by atoms with van der Waals surface area (Å²) in [6, 6.07) is 11.3. The Hall–Kier alpha value is -2.49. The van der Waals surface area contributed by atoms with Crippen molar-refractivity contribution in [2.45, 2.75) is 78.2 Å². The van der Waals surface area contributed by atoms with Gasteiger partial charge in [0.25, 0.3) is 0 Å². The van der Waals surface area contributed by atoms with E-state index in [1.165, 1.54) is 31.2 Å². The minimum Gasteiger partial charge on any atom is -0.451 e. The number of rotatable bonds is 12. The molecule has 0 N–H and O–H groups in total. The second kappa shape index (κ2) is 12.2. The molecule has 0 saturated carbocycles. The third-order valence-corrected chi connectivity index (χ3v) is 5.07. The van der Waals surface area contributed by atoms with Gasteiger partial charge in [-0.3, -0.25) is 9.78 Å². The van der Waals surface area contributed by atoms with Gasteiger partial charge in [0.15, 0.2) is 11.9 Å². The van der Waals surface area contributed by atoms with Gasteiger partial charge >= 0.3 is 5.97 Å². The Morgan fingerprint density at radius 1 is 0.931 bits per heavy atom. The molecule has 4 heteroatoms. The molecule has 1 unspecified atom stereocenters. The van der Waals surface area contributed by atoms with E-state index in [0.717, 1.165) is 30.5 Å². The zero-order valence-electron chi connectivity index (χ0n) is 17.9. The number of pyridine rings is 1. The molecule has 29 heavy (non-hydrogen) atoms. The van der Waals surface area contributed by atoms with Crippen LogP contribution in [-0.2, 0) is 16.0 Å². The Morgan fingerprint density at radius 2 is 1.66 bits per heavy atom. The van der Waals surface area contributed by atoms with Gasteiger partial charge in [-0.25, -0.2) is 4.79 Å². The van der Waals surface area contributed by atoms with Crippen LogP contribution in [0.25, 0.3) is 11.3 Å². The first-order chi connectivity index (χ1) is 14.0. The van der Waals surface area contributed by atoms with Crippen molar-refractivity contribution < 1.29 is 14.3 Å². The molecule has 0 aliphatic rings. The summed E-state index contributed by atoms with van der Waals surface area (Å²) in [5, 5.41) is 0. The maximum atomic E-state index is 12.3. The summed E-state index contributed by atoms with van der Waals surface area (Å²) in [6.07, 6.45) is 9.50. The van der Waals surface area contributed by atoms with Crippen LogP contribution in [0.3, 0.4) is 0 Å². The standard InChI is InChI=1S/C25H33NO3/c1-4-6-8-9-10-20-12-17-23(26-18-20)21-13-15-22(16-14-21)25(28)29-19(3)24(27)11-7-5-2/h12-19H,4-11H2,1-3H3. The summed E-state index contributed by atoms with van der Waals surface area (Å²) < 4.78 is 5.31. The summed E-state index contributed by atoms with van der Waals surface area (Å²) in [6.45, 7) is 5.88. The molecule has 1 heterocycles. The van der Waals surface area contributed by atoms with Crippen LogP contribution in [0.4, 0.5) is 0 Å². The minimum atomic E-state index is -0.708. The smallest absolute Gasteiger partial charge is 0.338 e. The molecular weight excluding hydrogens is 362 g/mol. The van der Waals surface area contributed by atoms with Crippen molar-refractivity contribution in [1.82, 2.24) is 4.98 Å². The van der Waals surface area contributed by atoms with Crippen LogP contribution >= 0.6 is 0 Å². The molecule has 2 aromatic rings. The van der Waals surface area contributed by atoms with Gasteiger partial charge in [0, 0.05) is 18.2 Å². The van der Waals surface area contributed by atoms with Crippen molar-refractivity contribution in [1.29, 1.82) is 0 Å². The first-order valence-corrected chi connectivity index (χ1v) is 10.8. The molecule has 0 bridgehead atoms. The van der Waals surface area contributed by atoms with Gasteiger partial charge in [0.1, 0.15) is 0 Å². The zero-order valence-corrected chi connectivity index (χ0v) is 17.9. The van der Waals surface area contributed by atoms with Crippen LogP contribution in [0.5, 0.6) is 0 Å². The number of esters is 1. The number of carbonyl (C=O) groups is 2.